The second kappa shape index (κ2) is 5.22. The Morgan fingerprint density at radius 1 is 1.24 bits per heavy atom. The molecule has 2 aromatic rings. The summed E-state index contributed by atoms with van der Waals surface area (Å²) in [6, 6.07) is 15.2. The zero-order chi connectivity index (χ0) is 14.9. The number of hydrogen-bond donors (Lipinski definition) is 2. The maximum atomic E-state index is 12.0. The molecule has 1 unspecified atom stereocenters. The van der Waals surface area contributed by atoms with Gasteiger partial charge in [0.15, 0.2) is 5.54 Å². The highest BCUT2D eigenvalue weighted by molar-refractivity contribution is 5.85. The molecule has 0 fully saturated rings. The van der Waals surface area contributed by atoms with Crippen molar-refractivity contribution in [2.24, 2.45) is 0 Å². The van der Waals surface area contributed by atoms with Crippen molar-refractivity contribution in [3.63, 3.8) is 0 Å². The van der Waals surface area contributed by atoms with Gasteiger partial charge in [-0.1, -0.05) is 36.4 Å². The van der Waals surface area contributed by atoms with E-state index in [-0.39, 0.29) is 6.61 Å². The van der Waals surface area contributed by atoms with E-state index in [0.717, 1.165) is 22.4 Å². The summed E-state index contributed by atoms with van der Waals surface area (Å²) in [5.41, 5.74) is 2.28. The minimum Gasteiger partial charge on any atom is -0.479 e. The highest BCUT2D eigenvalue weighted by atomic mass is 16.5. The van der Waals surface area contributed by atoms with Crippen LogP contribution in [0.4, 0.5) is 5.69 Å². The molecule has 0 radical (unpaired) electrons. The van der Waals surface area contributed by atoms with E-state index in [1.165, 1.54) is 0 Å². The lowest BCUT2D eigenvalue weighted by atomic mass is 9.85. The summed E-state index contributed by atoms with van der Waals surface area (Å²) >= 11 is 0. The average Bonchev–Trinajstić information content (AvgIpc) is 2.47. The number of fused-ring (bicyclic) bond motifs is 1. The summed E-state index contributed by atoms with van der Waals surface area (Å²) in [6.45, 7) is 2.53. The van der Waals surface area contributed by atoms with Gasteiger partial charge in [0, 0.05) is 5.69 Å². The molecule has 0 aromatic heterocycles. The molecule has 108 valence electrons. The number of nitrogens with one attached hydrogen (secondary N) is 1. The summed E-state index contributed by atoms with van der Waals surface area (Å²) in [5.74, 6) is -0.934. The van der Waals surface area contributed by atoms with Crippen LogP contribution in [0, 0.1) is 6.92 Å². The molecule has 0 amide bonds. The number of carbonyl (C=O) groups is 1. The number of rotatable bonds is 3. The van der Waals surface area contributed by atoms with Gasteiger partial charge in [-0.05, 0) is 35.7 Å². The largest absolute Gasteiger partial charge is 0.479 e. The van der Waals surface area contributed by atoms with Crippen molar-refractivity contribution in [2.75, 3.05) is 11.9 Å². The number of carboxylic acid groups (broad SMARTS) is 1. The predicted octanol–water partition coefficient (Wildman–Crippen LogP) is 2.92. The second-order valence-corrected chi connectivity index (χ2v) is 5.35. The first kappa shape index (κ1) is 13.6. The van der Waals surface area contributed by atoms with Crippen molar-refractivity contribution in [3.05, 3.63) is 65.2 Å². The Balaban J connectivity index is 2.08. The molecule has 2 N–H and O–H groups in total. The van der Waals surface area contributed by atoms with E-state index in [1.807, 2.05) is 55.5 Å². The smallest absolute Gasteiger partial charge is 0.336 e. The maximum absolute atomic E-state index is 12.0. The first-order valence-corrected chi connectivity index (χ1v) is 6.86. The maximum Gasteiger partial charge on any atom is 0.336 e. The number of benzene rings is 2. The lowest BCUT2D eigenvalue weighted by Crippen LogP contribution is -2.50. The number of hydrogen-bond acceptors (Lipinski definition) is 3. The Bertz CT molecular complexity index is 683. The van der Waals surface area contributed by atoms with Gasteiger partial charge in [-0.15, -0.1) is 0 Å². The number of carboxylic acids is 1. The third-order valence-electron chi connectivity index (χ3n) is 3.79. The first-order chi connectivity index (χ1) is 10.1. The van der Waals surface area contributed by atoms with Crippen LogP contribution in [0.3, 0.4) is 0 Å². The topological polar surface area (TPSA) is 58.6 Å². The lowest BCUT2D eigenvalue weighted by molar-refractivity contribution is -0.146. The van der Waals surface area contributed by atoms with Crippen molar-refractivity contribution < 1.29 is 14.6 Å². The third kappa shape index (κ3) is 2.38. The average molecular weight is 283 g/mol. The van der Waals surface area contributed by atoms with Crippen LogP contribution in [0.1, 0.15) is 16.7 Å². The molecule has 4 heteroatoms. The Hall–Kier alpha value is -2.33. The molecule has 0 bridgehead atoms. The van der Waals surface area contributed by atoms with Crippen LogP contribution in [-0.4, -0.2) is 17.7 Å². The Kier molecular flexibility index (Phi) is 3.39. The van der Waals surface area contributed by atoms with Crippen molar-refractivity contribution in [2.45, 2.75) is 19.1 Å². The van der Waals surface area contributed by atoms with Crippen LogP contribution in [0.15, 0.2) is 48.5 Å². The van der Waals surface area contributed by atoms with Crippen LogP contribution in [-0.2, 0) is 21.7 Å². The standard InChI is InChI=1S/C17H17NO3/c1-12-5-4-7-14(9-12)18-17(16(19)20)11-21-10-13-6-2-3-8-15(13)17/h2-9,18H,10-11H2,1H3,(H,19,20). The molecule has 1 aliphatic heterocycles. The number of ether oxygens (including phenoxy) is 1. The van der Waals surface area contributed by atoms with Gasteiger partial charge < -0.3 is 15.2 Å². The molecule has 0 saturated carbocycles. The normalized spacial score (nSPS) is 20.6. The summed E-state index contributed by atoms with van der Waals surface area (Å²) in [4.78, 5) is 12.0. The number of aryl methyl sites for hydroxylation is 1. The molecule has 1 atom stereocenters. The van der Waals surface area contributed by atoms with E-state index < -0.39 is 11.5 Å². The molecular weight excluding hydrogens is 266 g/mol. The summed E-state index contributed by atoms with van der Waals surface area (Å²) < 4.78 is 5.53. The number of anilines is 1. The minimum atomic E-state index is -1.25. The zero-order valence-corrected chi connectivity index (χ0v) is 11.8. The molecule has 1 aliphatic rings. The molecular formula is C17H17NO3. The first-order valence-electron chi connectivity index (χ1n) is 6.86. The van der Waals surface area contributed by atoms with E-state index in [1.54, 1.807) is 0 Å². The quantitative estimate of drug-likeness (QED) is 0.909. The molecule has 0 aliphatic carbocycles. The van der Waals surface area contributed by atoms with Crippen LogP contribution in [0.25, 0.3) is 0 Å². The molecule has 4 nitrogen and oxygen atoms in total. The Labute approximate surface area is 123 Å². The lowest BCUT2D eigenvalue weighted by Gasteiger charge is -2.36. The van der Waals surface area contributed by atoms with E-state index in [4.69, 9.17) is 4.74 Å². The van der Waals surface area contributed by atoms with Gasteiger partial charge in [0.05, 0.1) is 13.2 Å². The SMILES string of the molecule is Cc1cccc(NC2(C(=O)O)COCc3ccccc32)c1. The highest BCUT2D eigenvalue weighted by Crippen LogP contribution is 2.34. The van der Waals surface area contributed by atoms with Crippen LogP contribution in [0.2, 0.25) is 0 Å². The van der Waals surface area contributed by atoms with E-state index in [9.17, 15) is 9.90 Å². The van der Waals surface area contributed by atoms with Gasteiger partial charge >= 0.3 is 5.97 Å². The van der Waals surface area contributed by atoms with Crippen LogP contribution < -0.4 is 5.32 Å². The van der Waals surface area contributed by atoms with Gasteiger partial charge in [0.25, 0.3) is 0 Å². The molecule has 2 aromatic carbocycles. The van der Waals surface area contributed by atoms with Gasteiger partial charge in [0.2, 0.25) is 0 Å². The monoisotopic (exact) mass is 283 g/mol. The summed E-state index contributed by atoms with van der Waals surface area (Å²) in [5, 5.41) is 13.0. The fraction of sp³-hybridized carbons (Fsp3) is 0.235. The van der Waals surface area contributed by atoms with Gasteiger partial charge in [-0.2, -0.15) is 0 Å². The Morgan fingerprint density at radius 3 is 2.81 bits per heavy atom. The van der Waals surface area contributed by atoms with E-state index in [2.05, 4.69) is 5.32 Å². The van der Waals surface area contributed by atoms with Crippen molar-refractivity contribution in [1.82, 2.24) is 0 Å². The van der Waals surface area contributed by atoms with Crippen LogP contribution >= 0.6 is 0 Å². The van der Waals surface area contributed by atoms with Crippen LogP contribution in [0.5, 0.6) is 0 Å². The second-order valence-electron chi connectivity index (χ2n) is 5.35. The minimum absolute atomic E-state index is 0.104. The van der Waals surface area contributed by atoms with Crippen molar-refractivity contribution >= 4 is 11.7 Å². The van der Waals surface area contributed by atoms with Crippen molar-refractivity contribution in [3.8, 4) is 0 Å². The van der Waals surface area contributed by atoms with Crippen molar-refractivity contribution in [1.29, 1.82) is 0 Å². The fourth-order valence-electron chi connectivity index (χ4n) is 2.76. The summed E-state index contributed by atoms with van der Waals surface area (Å²) in [7, 11) is 0. The van der Waals surface area contributed by atoms with Gasteiger partial charge in [0.1, 0.15) is 0 Å². The molecule has 0 spiro atoms. The number of aliphatic carboxylic acids is 1. The van der Waals surface area contributed by atoms with E-state index in [0.29, 0.717) is 6.61 Å². The predicted molar refractivity (Wildman–Crippen MR) is 80.2 cm³/mol. The molecule has 3 rings (SSSR count). The molecule has 21 heavy (non-hydrogen) atoms. The third-order valence-corrected chi connectivity index (χ3v) is 3.79. The highest BCUT2D eigenvalue weighted by Gasteiger charge is 2.44. The summed E-state index contributed by atoms with van der Waals surface area (Å²) in [6.07, 6.45) is 0. The fourth-order valence-corrected chi connectivity index (χ4v) is 2.76. The Morgan fingerprint density at radius 2 is 2.05 bits per heavy atom. The van der Waals surface area contributed by atoms with Gasteiger partial charge in [-0.3, -0.25) is 0 Å². The molecule has 0 saturated heterocycles. The zero-order valence-electron chi connectivity index (χ0n) is 11.8. The molecule has 1 heterocycles. The van der Waals surface area contributed by atoms with E-state index >= 15 is 0 Å². The van der Waals surface area contributed by atoms with Gasteiger partial charge in [-0.25, -0.2) is 4.79 Å².